The molecule has 1 aliphatic rings. The molecule has 1 atom stereocenters. The van der Waals surface area contributed by atoms with E-state index in [1.807, 2.05) is 0 Å². The minimum atomic E-state index is -4.79. The van der Waals surface area contributed by atoms with E-state index in [9.17, 15) is 18.0 Å². The molecule has 0 saturated heterocycles. The number of nitrogens with one attached hydrogen (secondary N) is 1. The number of alkyl halides is 3. The molecule has 0 aliphatic carbocycles. The standard InChI is InChI=1S/C24H18Cl2F3N3O2/c1-14-5-6-15(8-20(14)31-22(33)12-19-4-2-3-7-30-19)21-13-23(34-32-21,24(27,28)29)16-9-17(25)11-18(26)10-16/h2-11H,12-13H2,1H3,(H,31,33). The number of benzene rings is 2. The first kappa shape index (κ1) is 24.0. The lowest BCUT2D eigenvalue weighted by molar-refractivity contribution is -0.275. The number of hydrogen-bond donors (Lipinski definition) is 1. The molecule has 1 amide bonds. The smallest absolute Gasteiger partial charge is 0.374 e. The topological polar surface area (TPSA) is 63.6 Å². The molecule has 1 N–H and O–H groups in total. The van der Waals surface area contributed by atoms with Crippen LogP contribution in [0.5, 0.6) is 0 Å². The van der Waals surface area contributed by atoms with Gasteiger partial charge in [0.1, 0.15) is 0 Å². The van der Waals surface area contributed by atoms with Crippen LogP contribution >= 0.6 is 23.2 Å². The summed E-state index contributed by atoms with van der Waals surface area (Å²) in [6.07, 6.45) is -3.73. The lowest BCUT2D eigenvalue weighted by Gasteiger charge is -2.29. The van der Waals surface area contributed by atoms with Gasteiger partial charge in [0, 0.05) is 45.2 Å². The Kier molecular flexibility index (Phi) is 6.55. The molecule has 0 radical (unpaired) electrons. The van der Waals surface area contributed by atoms with Crippen molar-refractivity contribution in [1.82, 2.24) is 4.98 Å². The van der Waals surface area contributed by atoms with Gasteiger partial charge in [-0.1, -0.05) is 46.6 Å². The predicted octanol–water partition coefficient (Wildman–Crippen LogP) is 6.46. The summed E-state index contributed by atoms with van der Waals surface area (Å²) in [6, 6.07) is 13.8. The fourth-order valence-corrected chi connectivity index (χ4v) is 4.17. The van der Waals surface area contributed by atoms with E-state index in [0.29, 0.717) is 16.9 Å². The van der Waals surface area contributed by atoms with Crippen LogP contribution < -0.4 is 5.32 Å². The maximum atomic E-state index is 14.2. The lowest BCUT2D eigenvalue weighted by Crippen LogP contribution is -2.42. The minimum absolute atomic E-state index is 0.0522. The van der Waals surface area contributed by atoms with Crippen LogP contribution in [0, 0.1) is 6.92 Å². The van der Waals surface area contributed by atoms with Gasteiger partial charge in [0.15, 0.2) is 0 Å². The van der Waals surface area contributed by atoms with Gasteiger partial charge in [0.25, 0.3) is 5.60 Å². The van der Waals surface area contributed by atoms with Gasteiger partial charge < -0.3 is 10.2 Å². The van der Waals surface area contributed by atoms with E-state index in [0.717, 1.165) is 17.7 Å². The second-order valence-corrected chi connectivity index (χ2v) is 8.74. The molecule has 2 heterocycles. The number of oxime groups is 1. The molecule has 2 aromatic carbocycles. The molecule has 10 heteroatoms. The SMILES string of the molecule is Cc1ccc(C2=NOC(c3cc(Cl)cc(Cl)c3)(C(F)(F)F)C2)cc1NC(=O)Cc1ccccn1. The van der Waals surface area contributed by atoms with Gasteiger partial charge in [-0.15, -0.1) is 0 Å². The fourth-order valence-electron chi connectivity index (χ4n) is 3.64. The van der Waals surface area contributed by atoms with Crippen LogP contribution in [0.25, 0.3) is 0 Å². The summed E-state index contributed by atoms with van der Waals surface area (Å²) in [7, 11) is 0. The molecule has 5 nitrogen and oxygen atoms in total. The number of hydrogen-bond acceptors (Lipinski definition) is 4. The fraction of sp³-hybridized carbons (Fsp3) is 0.208. The monoisotopic (exact) mass is 507 g/mol. The Hall–Kier alpha value is -3.10. The summed E-state index contributed by atoms with van der Waals surface area (Å²) in [5, 5.41) is 6.66. The van der Waals surface area contributed by atoms with Crippen molar-refractivity contribution in [2.75, 3.05) is 5.32 Å². The van der Waals surface area contributed by atoms with Gasteiger partial charge in [-0.2, -0.15) is 13.2 Å². The van der Waals surface area contributed by atoms with Crippen molar-refractivity contribution < 1.29 is 22.8 Å². The Morgan fingerprint density at radius 3 is 2.50 bits per heavy atom. The highest BCUT2D eigenvalue weighted by Gasteiger charge is 2.62. The Morgan fingerprint density at radius 2 is 1.85 bits per heavy atom. The van der Waals surface area contributed by atoms with Gasteiger partial charge in [0.2, 0.25) is 5.91 Å². The molecule has 0 saturated carbocycles. The quantitative estimate of drug-likeness (QED) is 0.430. The average molecular weight is 508 g/mol. The maximum Gasteiger partial charge on any atom is 0.435 e. The van der Waals surface area contributed by atoms with Gasteiger partial charge >= 0.3 is 6.18 Å². The summed E-state index contributed by atoms with van der Waals surface area (Å²) in [5.41, 5.74) is -0.723. The molecule has 0 bridgehead atoms. The molecular weight excluding hydrogens is 490 g/mol. The highest BCUT2D eigenvalue weighted by atomic mass is 35.5. The van der Waals surface area contributed by atoms with E-state index in [4.69, 9.17) is 28.0 Å². The van der Waals surface area contributed by atoms with Crippen LogP contribution in [0.15, 0.2) is 65.9 Å². The van der Waals surface area contributed by atoms with Crippen molar-refractivity contribution in [1.29, 1.82) is 0 Å². The number of aryl methyl sites for hydroxylation is 1. The third kappa shape index (κ3) is 4.88. The molecule has 4 rings (SSSR count). The molecule has 1 aromatic heterocycles. The molecular formula is C24H18Cl2F3N3O2. The molecule has 0 fully saturated rings. The highest BCUT2D eigenvalue weighted by molar-refractivity contribution is 6.34. The van der Waals surface area contributed by atoms with Crippen LogP contribution in [-0.2, 0) is 21.7 Å². The van der Waals surface area contributed by atoms with Crippen molar-refractivity contribution in [3.05, 3.63) is 93.2 Å². The zero-order valence-corrected chi connectivity index (χ0v) is 19.3. The van der Waals surface area contributed by atoms with Crippen LogP contribution in [-0.4, -0.2) is 22.8 Å². The number of halogens is 5. The van der Waals surface area contributed by atoms with Crippen molar-refractivity contribution >= 4 is 40.5 Å². The van der Waals surface area contributed by atoms with E-state index in [1.165, 1.54) is 6.07 Å². The Morgan fingerprint density at radius 1 is 1.12 bits per heavy atom. The van der Waals surface area contributed by atoms with Crippen molar-refractivity contribution in [2.24, 2.45) is 5.16 Å². The number of carbonyl (C=O) groups excluding carboxylic acids is 1. The van der Waals surface area contributed by atoms with Crippen LogP contribution in [0.1, 0.15) is 28.8 Å². The summed E-state index contributed by atoms with van der Waals surface area (Å²) < 4.78 is 42.7. The van der Waals surface area contributed by atoms with E-state index < -0.39 is 18.2 Å². The molecule has 34 heavy (non-hydrogen) atoms. The third-order valence-corrected chi connectivity index (χ3v) is 5.86. The van der Waals surface area contributed by atoms with Crippen LogP contribution in [0.2, 0.25) is 10.0 Å². The first-order valence-electron chi connectivity index (χ1n) is 10.2. The largest absolute Gasteiger partial charge is 0.435 e. The number of nitrogens with zero attached hydrogens (tertiary/aromatic N) is 2. The number of carbonyl (C=O) groups is 1. The zero-order chi connectivity index (χ0) is 24.5. The highest BCUT2D eigenvalue weighted by Crippen LogP contribution is 2.49. The molecule has 1 aliphatic heterocycles. The third-order valence-electron chi connectivity index (χ3n) is 5.43. The van der Waals surface area contributed by atoms with E-state index >= 15 is 0 Å². The first-order valence-corrected chi connectivity index (χ1v) is 10.9. The second-order valence-electron chi connectivity index (χ2n) is 7.86. The predicted molar refractivity (Wildman–Crippen MR) is 124 cm³/mol. The van der Waals surface area contributed by atoms with E-state index in [1.54, 1.807) is 49.5 Å². The Balaban J connectivity index is 1.60. The Bertz CT molecular complexity index is 1250. The molecule has 1 unspecified atom stereocenters. The number of rotatable bonds is 5. The normalized spacial score (nSPS) is 17.8. The Labute approximate surface area is 203 Å². The number of amides is 1. The van der Waals surface area contributed by atoms with E-state index in [-0.39, 0.29) is 33.6 Å². The first-order chi connectivity index (χ1) is 16.1. The lowest BCUT2D eigenvalue weighted by atomic mass is 9.86. The van der Waals surface area contributed by atoms with Gasteiger partial charge in [-0.3, -0.25) is 9.78 Å². The molecule has 3 aromatic rings. The number of aromatic nitrogens is 1. The summed E-state index contributed by atoms with van der Waals surface area (Å²) >= 11 is 11.9. The number of pyridine rings is 1. The molecule has 0 spiro atoms. The van der Waals surface area contributed by atoms with Crippen molar-refractivity contribution in [3.8, 4) is 0 Å². The summed E-state index contributed by atoms with van der Waals surface area (Å²) in [5.74, 6) is -0.304. The van der Waals surface area contributed by atoms with Gasteiger partial charge in [0.05, 0.1) is 12.1 Å². The average Bonchev–Trinajstić information content (AvgIpc) is 3.22. The minimum Gasteiger partial charge on any atom is -0.374 e. The number of anilines is 1. The second kappa shape index (κ2) is 9.27. The van der Waals surface area contributed by atoms with E-state index in [2.05, 4.69) is 15.5 Å². The maximum absolute atomic E-state index is 14.2. The van der Waals surface area contributed by atoms with Crippen LogP contribution in [0.4, 0.5) is 18.9 Å². The zero-order valence-electron chi connectivity index (χ0n) is 17.8. The van der Waals surface area contributed by atoms with Gasteiger partial charge in [-0.25, -0.2) is 0 Å². The summed E-state index contributed by atoms with van der Waals surface area (Å²) in [4.78, 5) is 21.6. The van der Waals surface area contributed by atoms with Crippen molar-refractivity contribution in [2.45, 2.75) is 31.5 Å². The van der Waals surface area contributed by atoms with Crippen molar-refractivity contribution in [3.63, 3.8) is 0 Å². The van der Waals surface area contributed by atoms with Gasteiger partial charge in [-0.05, 0) is 48.9 Å². The van der Waals surface area contributed by atoms with Crippen LogP contribution in [0.3, 0.4) is 0 Å². The summed E-state index contributed by atoms with van der Waals surface area (Å²) in [6.45, 7) is 1.78. The molecule has 176 valence electrons.